The third kappa shape index (κ3) is 6.04. The minimum atomic E-state index is -2.20. The number of aliphatic hydroxyl groups is 3. The number of rotatable bonds is 9. The Morgan fingerprint density at radius 2 is 1.95 bits per heavy atom. The van der Waals surface area contributed by atoms with Crippen LogP contribution in [0, 0.1) is 0 Å². The summed E-state index contributed by atoms with van der Waals surface area (Å²) in [4.78, 5) is 42.5. The molecule has 0 unspecified atom stereocenters. The number of amides is 3. The number of methoxy groups -OCH3 is 1. The number of aromatic nitrogens is 1. The highest BCUT2D eigenvalue weighted by atomic mass is 32.2. The van der Waals surface area contributed by atoms with Crippen LogP contribution in [0.2, 0.25) is 0 Å². The van der Waals surface area contributed by atoms with E-state index in [1.54, 1.807) is 24.4 Å². The van der Waals surface area contributed by atoms with E-state index in [0.29, 0.717) is 5.75 Å². The highest BCUT2D eigenvalue weighted by molar-refractivity contribution is 7.98. The van der Waals surface area contributed by atoms with Crippen LogP contribution in [-0.4, -0.2) is 81.3 Å². The fraction of sp³-hybridized carbons (Fsp3) is 0.370. The van der Waals surface area contributed by atoms with Gasteiger partial charge in [-0.05, 0) is 36.1 Å². The van der Waals surface area contributed by atoms with Crippen LogP contribution in [-0.2, 0) is 16.0 Å². The van der Waals surface area contributed by atoms with E-state index in [4.69, 9.17) is 10.5 Å². The third-order valence-electron chi connectivity index (χ3n) is 7.05. The molecule has 0 saturated heterocycles. The van der Waals surface area contributed by atoms with Crippen molar-refractivity contribution in [3.8, 4) is 5.75 Å². The van der Waals surface area contributed by atoms with Crippen LogP contribution in [0.5, 0.6) is 5.75 Å². The summed E-state index contributed by atoms with van der Waals surface area (Å²) < 4.78 is 5.32. The number of primary amides is 1. The average Bonchev–Trinajstić information content (AvgIpc) is 3.33. The van der Waals surface area contributed by atoms with Gasteiger partial charge in [0, 0.05) is 41.3 Å². The fourth-order valence-corrected chi connectivity index (χ4v) is 5.32. The van der Waals surface area contributed by atoms with Crippen LogP contribution in [0.4, 0.5) is 0 Å². The van der Waals surface area contributed by atoms with Crippen molar-refractivity contribution in [2.24, 2.45) is 5.73 Å². The maximum atomic E-state index is 13.2. The molecule has 4 rings (SSSR count). The molecule has 1 heterocycles. The molecule has 1 saturated carbocycles. The van der Waals surface area contributed by atoms with Crippen molar-refractivity contribution in [2.75, 3.05) is 13.4 Å². The van der Waals surface area contributed by atoms with E-state index in [0.717, 1.165) is 21.4 Å². The summed E-state index contributed by atoms with van der Waals surface area (Å²) in [6.45, 7) is 0. The third-order valence-corrected chi connectivity index (χ3v) is 7.78. The Hall–Kier alpha value is -3.58. The number of hydrogen-bond donors (Lipinski definition) is 7. The first-order chi connectivity index (χ1) is 18.6. The quantitative estimate of drug-likeness (QED) is 0.185. The molecule has 5 atom stereocenters. The minimum Gasteiger partial charge on any atom is -0.496 e. The number of aliphatic hydroxyl groups excluding tert-OH is 2. The number of hydrogen-bond acceptors (Lipinski definition) is 8. The summed E-state index contributed by atoms with van der Waals surface area (Å²) in [6.07, 6.45) is -0.225. The van der Waals surface area contributed by atoms with Gasteiger partial charge in [0.25, 0.3) is 11.8 Å². The number of fused-ring (bicyclic) bond motifs is 1. The lowest BCUT2D eigenvalue weighted by Gasteiger charge is -2.41. The number of carbonyl (C=O) groups excluding carboxylic acids is 3. The maximum absolute atomic E-state index is 13.2. The highest BCUT2D eigenvalue weighted by Gasteiger charge is 2.49. The van der Waals surface area contributed by atoms with Gasteiger partial charge in [0.1, 0.15) is 23.5 Å². The van der Waals surface area contributed by atoms with Crippen molar-refractivity contribution in [3.63, 3.8) is 0 Å². The molecule has 3 aromatic rings. The summed E-state index contributed by atoms with van der Waals surface area (Å²) in [6, 6.07) is 10.1. The fourth-order valence-electron chi connectivity index (χ4n) is 4.89. The molecule has 11 nitrogen and oxygen atoms in total. The topological polar surface area (TPSA) is 187 Å². The number of nitrogens with one attached hydrogen (secondary N) is 3. The van der Waals surface area contributed by atoms with Crippen molar-refractivity contribution in [1.82, 2.24) is 15.6 Å². The normalized spacial score (nSPS) is 23.7. The number of H-pyrrole nitrogens is 1. The van der Waals surface area contributed by atoms with Crippen molar-refractivity contribution in [2.45, 2.75) is 54.1 Å². The molecule has 3 amide bonds. The predicted octanol–water partition coefficient (Wildman–Crippen LogP) is 0.456. The molecule has 0 radical (unpaired) electrons. The number of carbonyl (C=O) groups is 3. The molecule has 0 aliphatic heterocycles. The number of aromatic amines is 1. The van der Waals surface area contributed by atoms with Crippen molar-refractivity contribution >= 4 is 40.4 Å². The Morgan fingerprint density at radius 1 is 1.21 bits per heavy atom. The first-order valence-electron chi connectivity index (χ1n) is 12.3. The lowest BCUT2D eigenvalue weighted by molar-refractivity contribution is -0.159. The Kier molecular flexibility index (Phi) is 8.50. The molecule has 39 heavy (non-hydrogen) atoms. The summed E-state index contributed by atoms with van der Waals surface area (Å²) in [5.74, 6) is -2.06. The van der Waals surface area contributed by atoms with Gasteiger partial charge < -0.3 is 41.4 Å². The summed E-state index contributed by atoms with van der Waals surface area (Å²) in [5.41, 5.74) is 5.15. The first kappa shape index (κ1) is 28.4. The van der Waals surface area contributed by atoms with Gasteiger partial charge in [-0.2, -0.15) is 0 Å². The second-order valence-electron chi connectivity index (χ2n) is 9.64. The van der Waals surface area contributed by atoms with Crippen LogP contribution in [0.1, 0.15) is 28.8 Å². The summed E-state index contributed by atoms with van der Waals surface area (Å²) >= 11 is 1.47. The molecule has 0 spiro atoms. The molecule has 12 heteroatoms. The van der Waals surface area contributed by atoms with Crippen LogP contribution < -0.4 is 21.1 Å². The van der Waals surface area contributed by atoms with Gasteiger partial charge in [0.2, 0.25) is 5.91 Å². The summed E-state index contributed by atoms with van der Waals surface area (Å²) in [7, 11) is 1.42. The first-order valence-corrected chi connectivity index (χ1v) is 13.6. The Labute approximate surface area is 229 Å². The Morgan fingerprint density at radius 3 is 2.64 bits per heavy atom. The number of benzene rings is 2. The average molecular weight is 557 g/mol. The van der Waals surface area contributed by atoms with Crippen LogP contribution in [0.25, 0.3) is 10.9 Å². The highest BCUT2D eigenvalue weighted by Crippen LogP contribution is 2.31. The van der Waals surface area contributed by atoms with Gasteiger partial charge >= 0.3 is 0 Å². The zero-order chi connectivity index (χ0) is 28.3. The molecule has 1 fully saturated rings. The molecule has 1 aromatic heterocycles. The molecule has 208 valence electrons. The SMILES string of the molecule is COc1cc(SC)ccc1C(=O)N[C@H]1C[C@@](O)(C(=O)N[C@H](Cc2c[nH]c3ccccc23)C(N)=O)C[C@@H](O)[C@@H]1O. The van der Waals surface area contributed by atoms with Crippen LogP contribution in [0.3, 0.4) is 0 Å². The van der Waals surface area contributed by atoms with Gasteiger partial charge in [0.05, 0.1) is 24.8 Å². The minimum absolute atomic E-state index is 0.0678. The lowest BCUT2D eigenvalue weighted by Crippen LogP contribution is -2.64. The number of ether oxygens (including phenoxy) is 1. The van der Waals surface area contributed by atoms with Crippen LogP contribution >= 0.6 is 11.8 Å². The largest absolute Gasteiger partial charge is 0.496 e. The van der Waals surface area contributed by atoms with E-state index in [9.17, 15) is 29.7 Å². The molecule has 1 aliphatic rings. The Bertz CT molecular complexity index is 1380. The number of para-hydroxylation sites is 1. The smallest absolute Gasteiger partial charge is 0.255 e. The van der Waals surface area contributed by atoms with Crippen molar-refractivity contribution in [1.29, 1.82) is 0 Å². The van der Waals surface area contributed by atoms with E-state index in [2.05, 4.69) is 15.6 Å². The van der Waals surface area contributed by atoms with E-state index in [1.807, 2.05) is 30.5 Å². The standard InChI is InChI=1S/C27H32N4O7S/c1-38-22-10-15(39-2)7-8-17(22)25(35)30-20-11-27(37,12-21(32)23(20)33)26(36)31-19(24(28)34)9-14-13-29-18-6-4-3-5-16(14)18/h3-8,10,13,19-21,23,29,32-33,37H,9,11-12H2,1-2H3,(H2,28,34)(H,30,35)(H,31,36)/t19-,20+,21-,23-,27+/m1/s1. The summed E-state index contributed by atoms with van der Waals surface area (Å²) in [5, 5.41) is 38.3. The zero-order valence-corrected chi connectivity index (χ0v) is 22.3. The lowest BCUT2D eigenvalue weighted by atomic mass is 9.77. The van der Waals surface area contributed by atoms with E-state index >= 15 is 0 Å². The maximum Gasteiger partial charge on any atom is 0.255 e. The van der Waals surface area contributed by atoms with Crippen LogP contribution in [0.15, 0.2) is 53.6 Å². The monoisotopic (exact) mass is 556 g/mol. The van der Waals surface area contributed by atoms with Gasteiger partial charge in [0.15, 0.2) is 0 Å². The van der Waals surface area contributed by atoms with E-state index < -0.39 is 60.5 Å². The van der Waals surface area contributed by atoms with Crippen molar-refractivity contribution in [3.05, 3.63) is 59.8 Å². The molecular formula is C27H32N4O7S. The number of thioether (sulfide) groups is 1. The predicted molar refractivity (Wildman–Crippen MR) is 145 cm³/mol. The molecular weight excluding hydrogens is 524 g/mol. The van der Waals surface area contributed by atoms with Gasteiger partial charge in [-0.15, -0.1) is 11.8 Å². The zero-order valence-electron chi connectivity index (χ0n) is 21.5. The van der Waals surface area contributed by atoms with E-state index in [1.165, 1.54) is 18.9 Å². The molecule has 1 aliphatic carbocycles. The van der Waals surface area contributed by atoms with Gasteiger partial charge in [-0.1, -0.05) is 18.2 Å². The van der Waals surface area contributed by atoms with Gasteiger partial charge in [-0.25, -0.2) is 0 Å². The molecule has 2 aromatic carbocycles. The Balaban J connectivity index is 1.50. The second-order valence-corrected chi connectivity index (χ2v) is 10.5. The number of nitrogens with two attached hydrogens (primary N) is 1. The molecule has 8 N–H and O–H groups in total. The van der Waals surface area contributed by atoms with Crippen molar-refractivity contribution < 1.29 is 34.4 Å². The van der Waals surface area contributed by atoms with Gasteiger partial charge in [-0.3, -0.25) is 14.4 Å². The van der Waals surface area contributed by atoms with E-state index in [-0.39, 0.29) is 12.0 Å². The molecule has 0 bridgehead atoms. The second kappa shape index (κ2) is 11.7.